The third kappa shape index (κ3) is 8.30. The Labute approximate surface area is 78.5 Å². The van der Waals surface area contributed by atoms with Gasteiger partial charge in [0.05, 0.1) is 0 Å². The molecule has 0 bridgehead atoms. The minimum atomic E-state index is 0.735. The first-order chi connectivity index (χ1) is 5.31. The van der Waals surface area contributed by atoms with Crippen LogP contribution in [0.2, 0.25) is 0 Å². The van der Waals surface area contributed by atoms with E-state index in [9.17, 15) is 0 Å². The van der Waals surface area contributed by atoms with E-state index in [1.54, 1.807) is 0 Å². The van der Waals surface area contributed by atoms with E-state index in [4.69, 9.17) is 5.73 Å². The molecule has 2 N–H and O–H groups in total. The molecule has 11 heavy (non-hydrogen) atoms. The number of nitrogens with two attached hydrogens (primary N) is 1. The van der Waals surface area contributed by atoms with Crippen LogP contribution in [-0.4, -0.2) is 23.6 Å². The topological polar surface area (TPSA) is 29.3 Å². The number of nitrogens with zero attached hydrogens (tertiary/aromatic N) is 1. The van der Waals surface area contributed by atoms with Gasteiger partial charge in [-0.25, -0.2) is 3.93 Å². The van der Waals surface area contributed by atoms with Crippen LogP contribution >= 0.6 is 16.1 Å². The molecule has 0 atom stereocenters. The van der Waals surface area contributed by atoms with Crippen molar-refractivity contribution in [1.82, 2.24) is 3.93 Å². The van der Waals surface area contributed by atoms with E-state index in [0.717, 1.165) is 19.6 Å². The second kappa shape index (κ2) is 8.50. The summed E-state index contributed by atoms with van der Waals surface area (Å²) in [6, 6.07) is 0. The van der Waals surface area contributed by atoms with Gasteiger partial charge in [0.1, 0.15) is 0 Å². The van der Waals surface area contributed by atoms with Gasteiger partial charge in [0.2, 0.25) is 0 Å². The SMILES string of the molecule is CCCCCCN(Br)CCN. The van der Waals surface area contributed by atoms with Crippen LogP contribution in [0.5, 0.6) is 0 Å². The molecule has 0 aromatic heterocycles. The van der Waals surface area contributed by atoms with E-state index in [1.807, 2.05) is 0 Å². The standard InChI is InChI=1S/C8H19BrN2/c1-2-3-4-5-7-11(9)8-6-10/h2-8,10H2,1H3. The quantitative estimate of drug-likeness (QED) is 0.529. The van der Waals surface area contributed by atoms with E-state index < -0.39 is 0 Å². The maximum atomic E-state index is 5.39. The van der Waals surface area contributed by atoms with Gasteiger partial charge < -0.3 is 5.73 Å². The molecule has 0 saturated carbocycles. The molecule has 0 saturated heterocycles. The summed E-state index contributed by atoms with van der Waals surface area (Å²) in [6.45, 7) is 5.04. The first-order valence-corrected chi connectivity index (χ1v) is 5.13. The maximum absolute atomic E-state index is 5.39. The molecular weight excluding hydrogens is 204 g/mol. The van der Waals surface area contributed by atoms with Gasteiger partial charge in [0.15, 0.2) is 0 Å². The normalized spacial score (nSPS) is 10.9. The third-order valence-electron chi connectivity index (χ3n) is 1.63. The summed E-state index contributed by atoms with van der Waals surface area (Å²) in [5.41, 5.74) is 5.39. The van der Waals surface area contributed by atoms with Crippen LogP contribution in [0.1, 0.15) is 32.6 Å². The van der Waals surface area contributed by atoms with Crippen molar-refractivity contribution in [1.29, 1.82) is 0 Å². The highest BCUT2D eigenvalue weighted by Crippen LogP contribution is 2.03. The van der Waals surface area contributed by atoms with Gasteiger partial charge in [0.25, 0.3) is 0 Å². The molecule has 3 heteroatoms. The summed E-state index contributed by atoms with van der Waals surface area (Å²) >= 11 is 3.44. The van der Waals surface area contributed by atoms with Crippen LogP contribution in [0.3, 0.4) is 0 Å². The smallest absolute Gasteiger partial charge is 0.0215 e. The first kappa shape index (κ1) is 11.4. The Kier molecular flexibility index (Phi) is 8.81. The van der Waals surface area contributed by atoms with Gasteiger partial charge in [-0.05, 0) is 6.42 Å². The molecule has 0 aliphatic carbocycles. The summed E-state index contributed by atoms with van der Waals surface area (Å²) in [7, 11) is 0. The maximum Gasteiger partial charge on any atom is 0.0215 e. The van der Waals surface area contributed by atoms with Crippen molar-refractivity contribution in [3.05, 3.63) is 0 Å². The lowest BCUT2D eigenvalue weighted by atomic mass is 10.2. The fraction of sp³-hybridized carbons (Fsp3) is 1.00. The molecule has 0 amide bonds. The lowest BCUT2D eigenvalue weighted by molar-refractivity contribution is 0.469. The van der Waals surface area contributed by atoms with E-state index >= 15 is 0 Å². The Balaban J connectivity index is 2.97. The van der Waals surface area contributed by atoms with Crippen molar-refractivity contribution in [2.24, 2.45) is 5.73 Å². The number of unbranched alkanes of at least 4 members (excludes halogenated alkanes) is 3. The molecule has 0 unspecified atom stereocenters. The van der Waals surface area contributed by atoms with Gasteiger partial charge in [-0.15, -0.1) is 0 Å². The Hall–Kier alpha value is 0.400. The monoisotopic (exact) mass is 222 g/mol. The summed E-state index contributed by atoms with van der Waals surface area (Å²) in [5, 5.41) is 0. The summed E-state index contributed by atoms with van der Waals surface area (Å²) in [6.07, 6.45) is 5.27. The van der Waals surface area contributed by atoms with E-state index in [1.165, 1.54) is 25.7 Å². The molecule has 0 heterocycles. The lowest BCUT2D eigenvalue weighted by Gasteiger charge is -2.11. The highest BCUT2D eigenvalue weighted by molar-refractivity contribution is 9.07. The Bertz CT molecular complexity index is 78.5. The number of hydrogen-bond acceptors (Lipinski definition) is 2. The fourth-order valence-corrected chi connectivity index (χ4v) is 1.42. The Morgan fingerprint density at radius 2 is 1.91 bits per heavy atom. The average molecular weight is 223 g/mol. The van der Waals surface area contributed by atoms with Crippen molar-refractivity contribution in [3.8, 4) is 0 Å². The second-order valence-electron chi connectivity index (χ2n) is 2.76. The molecule has 0 fully saturated rings. The molecule has 0 aliphatic rings. The van der Waals surface area contributed by atoms with Crippen molar-refractivity contribution >= 4 is 16.1 Å². The highest BCUT2D eigenvalue weighted by atomic mass is 79.9. The van der Waals surface area contributed by atoms with E-state index in [0.29, 0.717) is 0 Å². The Morgan fingerprint density at radius 3 is 2.45 bits per heavy atom. The van der Waals surface area contributed by atoms with Crippen LogP contribution in [0.15, 0.2) is 0 Å². The minimum Gasteiger partial charge on any atom is -0.329 e. The summed E-state index contributed by atoms with van der Waals surface area (Å²) in [5.74, 6) is 0. The second-order valence-corrected chi connectivity index (χ2v) is 3.76. The molecule has 0 aliphatic heterocycles. The van der Waals surface area contributed by atoms with Gasteiger partial charge in [-0.3, -0.25) is 0 Å². The molecule has 68 valence electrons. The van der Waals surface area contributed by atoms with Gasteiger partial charge in [0, 0.05) is 35.8 Å². The predicted molar refractivity (Wildman–Crippen MR) is 53.7 cm³/mol. The molecular formula is C8H19BrN2. The number of halogens is 1. The molecule has 0 aromatic carbocycles. The van der Waals surface area contributed by atoms with E-state index in [2.05, 4.69) is 27.0 Å². The van der Waals surface area contributed by atoms with E-state index in [-0.39, 0.29) is 0 Å². The zero-order valence-corrected chi connectivity index (χ0v) is 8.94. The molecule has 0 aromatic rings. The fourth-order valence-electron chi connectivity index (χ4n) is 0.962. The van der Waals surface area contributed by atoms with Crippen molar-refractivity contribution in [2.75, 3.05) is 19.6 Å². The largest absolute Gasteiger partial charge is 0.329 e. The number of rotatable bonds is 7. The summed E-state index contributed by atoms with van der Waals surface area (Å²) < 4.78 is 2.11. The van der Waals surface area contributed by atoms with Crippen LogP contribution in [-0.2, 0) is 0 Å². The van der Waals surface area contributed by atoms with Crippen molar-refractivity contribution in [2.45, 2.75) is 32.6 Å². The summed E-state index contributed by atoms with van der Waals surface area (Å²) in [4.78, 5) is 0. The molecule has 2 nitrogen and oxygen atoms in total. The highest BCUT2D eigenvalue weighted by Gasteiger charge is 1.96. The van der Waals surface area contributed by atoms with Gasteiger partial charge in [-0.1, -0.05) is 26.2 Å². The van der Waals surface area contributed by atoms with Crippen LogP contribution in [0.4, 0.5) is 0 Å². The zero-order chi connectivity index (χ0) is 8.53. The van der Waals surface area contributed by atoms with Gasteiger partial charge in [-0.2, -0.15) is 0 Å². The molecule has 0 rings (SSSR count). The average Bonchev–Trinajstić information content (AvgIpc) is 1.99. The van der Waals surface area contributed by atoms with Crippen molar-refractivity contribution in [3.63, 3.8) is 0 Å². The minimum absolute atomic E-state index is 0.735. The Morgan fingerprint density at radius 1 is 1.18 bits per heavy atom. The first-order valence-electron chi connectivity index (χ1n) is 4.42. The van der Waals surface area contributed by atoms with Crippen LogP contribution in [0.25, 0.3) is 0 Å². The van der Waals surface area contributed by atoms with Crippen LogP contribution in [0, 0.1) is 0 Å². The molecule has 0 spiro atoms. The van der Waals surface area contributed by atoms with Crippen LogP contribution < -0.4 is 5.73 Å². The lowest BCUT2D eigenvalue weighted by Crippen LogP contribution is -2.21. The van der Waals surface area contributed by atoms with Gasteiger partial charge >= 0.3 is 0 Å². The third-order valence-corrected chi connectivity index (χ3v) is 2.34. The number of hydrogen-bond donors (Lipinski definition) is 1. The van der Waals surface area contributed by atoms with Crippen molar-refractivity contribution < 1.29 is 0 Å². The predicted octanol–water partition coefficient (Wildman–Crippen LogP) is 2.14. The molecule has 0 radical (unpaired) electrons. The zero-order valence-electron chi connectivity index (χ0n) is 7.35.